The lowest BCUT2D eigenvalue weighted by molar-refractivity contribution is -0.143. The molecule has 0 heterocycles. The number of aromatic hydroxyl groups is 1. The highest BCUT2D eigenvalue weighted by atomic mass is 16.5. The molecule has 0 saturated heterocycles. The first-order chi connectivity index (χ1) is 20.6. The van der Waals surface area contributed by atoms with Gasteiger partial charge in [0.15, 0.2) is 5.96 Å². The topological polar surface area (TPSA) is 210 Å². The minimum absolute atomic E-state index is 0.0904. The number of ether oxygens (including phenoxy) is 1. The van der Waals surface area contributed by atoms with E-state index in [4.69, 9.17) is 16.2 Å². The lowest BCUT2D eigenvalue weighted by atomic mass is 10.0. The molecule has 0 aliphatic carbocycles. The van der Waals surface area contributed by atoms with E-state index in [0.29, 0.717) is 19.4 Å². The van der Waals surface area contributed by atoms with Gasteiger partial charge in [0, 0.05) is 13.0 Å². The smallest absolute Gasteiger partial charge is 0.325 e. The monoisotopic (exact) mass is 597 g/mol. The number of carbonyl (C=O) groups excluding carboxylic acids is 4. The van der Waals surface area contributed by atoms with Crippen LogP contribution in [0.2, 0.25) is 0 Å². The van der Waals surface area contributed by atoms with Crippen molar-refractivity contribution in [2.75, 3.05) is 26.2 Å². The number of nitrogens with zero attached hydrogens (tertiary/aromatic N) is 1. The lowest BCUT2D eigenvalue weighted by Crippen LogP contribution is -2.57. The molecule has 3 unspecified atom stereocenters. The van der Waals surface area contributed by atoms with E-state index in [0.717, 1.165) is 11.1 Å². The Morgan fingerprint density at radius 3 is 2.07 bits per heavy atom. The molecule has 2 aromatic carbocycles. The van der Waals surface area contributed by atoms with Crippen LogP contribution in [0.3, 0.4) is 0 Å². The van der Waals surface area contributed by atoms with Crippen LogP contribution < -0.4 is 32.7 Å². The molecule has 3 atom stereocenters. The summed E-state index contributed by atoms with van der Waals surface area (Å²) in [5.74, 6) is -2.15. The normalized spacial score (nSPS) is 12.7. The minimum atomic E-state index is -1.04. The summed E-state index contributed by atoms with van der Waals surface area (Å²) in [7, 11) is 0. The second-order valence-corrected chi connectivity index (χ2v) is 9.76. The molecule has 0 radical (unpaired) electrons. The third-order valence-corrected chi connectivity index (χ3v) is 6.35. The molecular formula is C30H43N7O6. The molecule has 234 valence electrons. The average Bonchev–Trinajstić information content (AvgIpc) is 2.98. The number of nitrogens with two attached hydrogens (primary N) is 2. The zero-order chi connectivity index (χ0) is 31.6. The molecule has 0 saturated carbocycles. The van der Waals surface area contributed by atoms with Gasteiger partial charge < -0.3 is 42.6 Å². The minimum Gasteiger partial charge on any atom is -0.508 e. The molecule has 0 aliphatic heterocycles. The van der Waals surface area contributed by atoms with E-state index in [-0.39, 0.29) is 44.2 Å². The molecule has 0 aliphatic rings. The highest BCUT2D eigenvalue weighted by Gasteiger charge is 2.29. The van der Waals surface area contributed by atoms with E-state index in [1.54, 1.807) is 19.1 Å². The predicted molar refractivity (Wildman–Crippen MR) is 163 cm³/mol. The second kappa shape index (κ2) is 18.7. The molecule has 0 bridgehead atoms. The fourth-order valence-corrected chi connectivity index (χ4v) is 4.24. The number of esters is 1. The van der Waals surface area contributed by atoms with Crippen LogP contribution in [-0.2, 0) is 36.8 Å². The molecule has 2 aromatic rings. The Morgan fingerprint density at radius 1 is 0.837 bits per heavy atom. The Hall–Kier alpha value is -4.65. The van der Waals surface area contributed by atoms with Gasteiger partial charge in [-0.15, -0.1) is 0 Å². The zero-order valence-corrected chi connectivity index (χ0v) is 24.7. The van der Waals surface area contributed by atoms with E-state index in [2.05, 4.69) is 26.3 Å². The van der Waals surface area contributed by atoms with Crippen LogP contribution in [-0.4, -0.2) is 79.1 Å². The Labute approximate surface area is 251 Å². The van der Waals surface area contributed by atoms with Crippen molar-refractivity contribution in [3.63, 3.8) is 0 Å². The van der Waals surface area contributed by atoms with Crippen LogP contribution in [0.15, 0.2) is 59.6 Å². The molecule has 43 heavy (non-hydrogen) atoms. The summed E-state index contributed by atoms with van der Waals surface area (Å²) in [6, 6.07) is 12.9. The van der Waals surface area contributed by atoms with Crippen LogP contribution in [0.4, 0.5) is 0 Å². The molecule has 13 nitrogen and oxygen atoms in total. The Morgan fingerprint density at radius 2 is 1.44 bits per heavy atom. The number of aliphatic imine (C=N–C) groups is 1. The van der Waals surface area contributed by atoms with Gasteiger partial charge in [0.05, 0.1) is 12.6 Å². The quantitative estimate of drug-likeness (QED) is 0.0527. The molecule has 3 amide bonds. The number of carbonyl (C=O) groups is 4. The molecule has 13 heteroatoms. The number of phenols is 1. The fraction of sp³-hybridized carbons (Fsp3) is 0.433. The third kappa shape index (κ3) is 13.3. The van der Waals surface area contributed by atoms with Gasteiger partial charge in [-0.05, 0) is 56.0 Å². The van der Waals surface area contributed by atoms with Gasteiger partial charge >= 0.3 is 5.97 Å². The summed E-state index contributed by atoms with van der Waals surface area (Å²) < 4.78 is 4.88. The highest BCUT2D eigenvalue weighted by Crippen LogP contribution is 2.12. The summed E-state index contributed by atoms with van der Waals surface area (Å²) in [4.78, 5) is 55.9. The second-order valence-electron chi connectivity index (χ2n) is 9.76. The lowest BCUT2D eigenvalue weighted by Gasteiger charge is -2.25. The summed E-state index contributed by atoms with van der Waals surface area (Å²) >= 11 is 0. The summed E-state index contributed by atoms with van der Waals surface area (Å²) in [6.07, 6.45) is 1.03. The number of hydrogen-bond donors (Lipinski definition) is 7. The summed E-state index contributed by atoms with van der Waals surface area (Å²) in [5, 5.41) is 20.8. The van der Waals surface area contributed by atoms with Gasteiger partial charge in [-0.1, -0.05) is 49.4 Å². The van der Waals surface area contributed by atoms with E-state index < -0.39 is 41.8 Å². The van der Waals surface area contributed by atoms with Crippen molar-refractivity contribution in [3.05, 3.63) is 65.7 Å². The van der Waals surface area contributed by atoms with Crippen molar-refractivity contribution in [2.24, 2.45) is 16.5 Å². The van der Waals surface area contributed by atoms with Crippen LogP contribution in [0.25, 0.3) is 0 Å². The van der Waals surface area contributed by atoms with Crippen LogP contribution in [0.1, 0.15) is 37.8 Å². The van der Waals surface area contributed by atoms with E-state index in [9.17, 15) is 24.3 Å². The Bertz CT molecular complexity index is 1200. The van der Waals surface area contributed by atoms with E-state index >= 15 is 0 Å². The van der Waals surface area contributed by atoms with Crippen molar-refractivity contribution in [2.45, 2.75) is 57.7 Å². The van der Waals surface area contributed by atoms with Gasteiger partial charge in [-0.3, -0.25) is 24.2 Å². The average molecular weight is 598 g/mol. The first-order valence-corrected chi connectivity index (χ1v) is 14.3. The van der Waals surface area contributed by atoms with Crippen molar-refractivity contribution in [1.29, 1.82) is 0 Å². The van der Waals surface area contributed by atoms with Gasteiger partial charge in [-0.2, -0.15) is 0 Å². The number of phenolic OH excluding ortho intramolecular Hbond substituents is 1. The molecule has 0 aromatic heterocycles. The number of nitrogens with one attached hydrogen (secondary N) is 4. The molecule has 2 rings (SSSR count). The summed E-state index contributed by atoms with van der Waals surface area (Å²) in [6.45, 7) is 4.07. The first-order valence-electron chi connectivity index (χ1n) is 14.3. The van der Waals surface area contributed by atoms with Crippen LogP contribution >= 0.6 is 0 Å². The van der Waals surface area contributed by atoms with Crippen LogP contribution in [0, 0.1) is 0 Å². The maximum absolute atomic E-state index is 13.6. The maximum atomic E-state index is 13.6. The van der Waals surface area contributed by atoms with Gasteiger partial charge in [0.2, 0.25) is 17.7 Å². The SMILES string of the molecule is CCNC(Cc1ccc(O)cc1)C(=O)NC(CCCN=C(N)N)C(=O)NC(Cc1ccccc1)C(=O)NCC(=O)OCC. The number of amides is 3. The maximum Gasteiger partial charge on any atom is 0.325 e. The van der Waals surface area contributed by atoms with Crippen molar-refractivity contribution in [1.82, 2.24) is 21.3 Å². The molecule has 0 spiro atoms. The first kappa shape index (κ1) is 34.6. The van der Waals surface area contributed by atoms with E-state index in [1.165, 1.54) is 12.1 Å². The largest absolute Gasteiger partial charge is 0.508 e. The standard InChI is InChI=1S/C30H43N7O6/c1-3-33-24(17-21-12-14-22(38)15-13-21)29(42)36-23(11-8-16-34-30(31)32)28(41)37-25(18-20-9-6-5-7-10-20)27(40)35-19-26(39)43-4-2/h5-7,9-10,12-15,23-25,33,38H,3-4,8,11,16-19H2,1-2H3,(H,35,40)(H,36,42)(H,37,41)(H4,31,32,34). The van der Waals surface area contributed by atoms with Gasteiger partial charge in [-0.25, -0.2) is 0 Å². The molecular weight excluding hydrogens is 554 g/mol. The van der Waals surface area contributed by atoms with Crippen molar-refractivity contribution in [3.8, 4) is 5.75 Å². The number of guanidine groups is 1. The Kier molecular flexibility index (Phi) is 15.0. The Balaban J connectivity index is 2.23. The molecule has 9 N–H and O–H groups in total. The van der Waals surface area contributed by atoms with Crippen molar-refractivity contribution >= 4 is 29.7 Å². The van der Waals surface area contributed by atoms with Crippen LogP contribution in [0.5, 0.6) is 5.75 Å². The number of benzene rings is 2. The number of likely N-dealkylation sites (N-methyl/N-ethyl adjacent to an activating group) is 1. The summed E-state index contributed by atoms with van der Waals surface area (Å²) in [5.41, 5.74) is 12.4. The van der Waals surface area contributed by atoms with Crippen molar-refractivity contribution < 1.29 is 29.0 Å². The number of rotatable bonds is 18. The van der Waals surface area contributed by atoms with E-state index in [1.807, 2.05) is 37.3 Å². The predicted octanol–water partition coefficient (Wildman–Crippen LogP) is -0.142. The highest BCUT2D eigenvalue weighted by molar-refractivity contribution is 5.94. The third-order valence-electron chi connectivity index (χ3n) is 6.35. The zero-order valence-electron chi connectivity index (χ0n) is 24.7. The van der Waals surface area contributed by atoms with Gasteiger partial charge in [0.1, 0.15) is 24.4 Å². The molecule has 0 fully saturated rings. The van der Waals surface area contributed by atoms with Gasteiger partial charge in [0.25, 0.3) is 0 Å². The number of hydrogen-bond acceptors (Lipinski definition) is 8. The fourth-order valence-electron chi connectivity index (χ4n) is 4.24.